The first kappa shape index (κ1) is 20.5. The highest BCUT2D eigenvalue weighted by molar-refractivity contribution is 6.00. The Morgan fingerprint density at radius 2 is 1.50 bits per heavy atom. The standard InChI is InChI=1S/C22H34N2O2/c1-13(2)10-11-23-21(25)18-12-19(18)22(26)24-20-16(14(3)4)8-7-9-17(20)15(5)6/h7-9,13-15,18-19H,10-12H2,1-6H3,(H,23,25)(H,24,26). The average molecular weight is 359 g/mol. The van der Waals surface area contributed by atoms with Gasteiger partial charge in [-0.05, 0) is 41.7 Å². The predicted molar refractivity (Wildman–Crippen MR) is 107 cm³/mol. The van der Waals surface area contributed by atoms with Gasteiger partial charge < -0.3 is 10.6 Å². The lowest BCUT2D eigenvalue weighted by Crippen LogP contribution is -2.29. The fourth-order valence-corrected chi connectivity index (χ4v) is 3.30. The number of nitrogens with one attached hydrogen (secondary N) is 2. The maximum absolute atomic E-state index is 12.7. The Hall–Kier alpha value is -1.84. The lowest BCUT2D eigenvalue weighted by atomic mass is 9.92. The molecule has 1 aromatic carbocycles. The van der Waals surface area contributed by atoms with Gasteiger partial charge in [-0.3, -0.25) is 9.59 Å². The number of rotatable bonds is 8. The van der Waals surface area contributed by atoms with Crippen molar-refractivity contribution in [3.8, 4) is 0 Å². The van der Waals surface area contributed by atoms with Gasteiger partial charge >= 0.3 is 0 Å². The van der Waals surface area contributed by atoms with E-state index in [1.807, 2.05) is 0 Å². The van der Waals surface area contributed by atoms with Crippen molar-refractivity contribution in [3.63, 3.8) is 0 Å². The Bertz CT molecular complexity index is 623. The van der Waals surface area contributed by atoms with E-state index in [-0.39, 0.29) is 23.7 Å². The van der Waals surface area contributed by atoms with Gasteiger partial charge in [0, 0.05) is 12.2 Å². The number of hydrogen-bond acceptors (Lipinski definition) is 2. The number of carbonyl (C=O) groups is 2. The summed E-state index contributed by atoms with van der Waals surface area (Å²) in [6.07, 6.45) is 1.62. The third-order valence-electron chi connectivity index (χ3n) is 5.11. The molecule has 0 heterocycles. The summed E-state index contributed by atoms with van der Waals surface area (Å²) in [5.41, 5.74) is 3.25. The van der Waals surface area contributed by atoms with E-state index in [0.29, 0.717) is 30.7 Å². The number of benzene rings is 1. The summed E-state index contributed by atoms with van der Waals surface area (Å²) in [6.45, 7) is 13.5. The maximum atomic E-state index is 12.7. The van der Waals surface area contributed by atoms with Crippen molar-refractivity contribution in [1.29, 1.82) is 0 Å². The molecule has 0 radical (unpaired) electrons. The summed E-state index contributed by atoms with van der Waals surface area (Å²) in [7, 11) is 0. The first-order chi connectivity index (χ1) is 12.2. The molecule has 1 aliphatic carbocycles. The van der Waals surface area contributed by atoms with Crippen LogP contribution in [-0.4, -0.2) is 18.4 Å². The van der Waals surface area contributed by atoms with Gasteiger partial charge in [-0.1, -0.05) is 59.7 Å². The summed E-state index contributed by atoms with van der Waals surface area (Å²) in [5, 5.41) is 6.11. The second-order valence-electron chi connectivity index (χ2n) is 8.53. The van der Waals surface area contributed by atoms with E-state index >= 15 is 0 Å². The molecule has 0 saturated heterocycles. The van der Waals surface area contributed by atoms with Crippen molar-refractivity contribution in [3.05, 3.63) is 29.3 Å². The van der Waals surface area contributed by atoms with Crippen LogP contribution in [-0.2, 0) is 9.59 Å². The van der Waals surface area contributed by atoms with Crippen molar-refractivity contribution in [2.24, 2.45) is 17.8 Å². The molecule has 0 aliphatic heterocycles. The highest BCUT2D eigenvalue weighted by atomic mass is 16.2. The monoisotopic (exact) mass is 358 g/mol. The molecule has 0 spiro atoms. The van der Waals surface area contributed by atoms with Crippen LogP contribution in [0.25, 0.3) is 0 Å². The number of carbonyl (C=O) groups excluding carboxylic acids is 2. The molecule has 2 N–H and O–H groups in total. The molecule has 2 unspecified atom stereocenters. The molecule has 0 aromatic heterocycles. The zero-order chi connectivity index (χ0) is 19.4. The van der Waals surface area contributed by atoms with E-state index in [9.17, 15) is 9.59 Å². The van der Waals surface area contributed by atoms with Crippen molar-refractivity contribution in [2.75, 3.05) is 11.9 Å². The molecule has 144 valence electrons. The largest absolute Gasteiger partial charge is 0.356 e. The Morgan fingerprint density at radius 3 is 2.00 bits per heavy atom. The minimum atomic E-state index is -0.200. The van der Waals surface area contributed by atoms with Gasteiger partial charge in [-0.2, -0.15) is 0 Å². The second-order valence-corrected chi connectivity index (χ2v) is 8.53. The molecule has 1 fully saturated rings. The summed E-state index contributed by atoms with van der Waals surface area (Å²) in [6, 6.07) is 6.22. The van der Waals surface area contributed by atoms with Crippen LogP contribution in [0.4, 0.5) is 5.69 Å². The quantitative estimate of drug-likeness (QED) is 0.709. The van der Waals surface area contributed by atoms with Gasteiger partial charge in [0.2, 0.25) is 11.8 Å². The summed E-state index contributed by atoms with van der Waals surface area (Å²) in [4.78, 5) is 24.9. The fourth-order valence-electron chi connectivity index (χ4n) is 3.30. The number of anilines is 1. The van der Waals surface area contributed by atoms with E-state index in [0.717, 1.165) is 23.2 Å². The number of amides is 2. The smallest absolute Gasteiger partial charge is 0.228 e. The van der Waals surface area contributed by atoms with Crippen LogP contribution in [0, 0.1) is 17.8 Å². The molecule has 2 amide bonds. The van der Waals surface area contributed by atoms with Crippen LogP contribution >= 0.6 is 0 Å². The molecule has 26 heavy (non-hydrogen) atoms. The van der Waals surface area contributed by atoms with Crippen LogP contribution in [0.1, 0.15) is 77.3 Å². The highest BCUT2D eigenvalue weighted by Crippen LogP contribution is 2.41. The van der Waals surface area contributed by atoms with Gasteiger partial charge in [0.25, 0.3) is 0 Å². The van der Waals surface area contributed by atoms with Gasteiger partial charge in [-0.15, -0.1) is 0 Å². The molecule has 4 nitrogen and oxygen atoms in total. The van der Waals surface area contributed by atoms with Crippen LogP contribution in [0.3, 0.4) is 0 Å². The predicted octanol–water partition coefficient (Wildman–Crippen LogP) is 4.67. The Morgan fingerprint density at radius 1 is 0.962 bits per heavy atom. The Labute approximate surface area is 158 Å². The van der Waals surface area contributed by atoms with Crippen LogP contribution in [0.15, 0.2) is 18.2 Å². The lowest BCUT2D eigenvalue weighted by molar-refractivity contribution is -0.125. The third-order valence-corrected chi connectivity index (χ3v) is 5.11. The van der Waals surface area contributed by atoms with Crippen molar-refractivity contribution >= 4 is 17.5 Å². The van der Waals surface area contributed by atoms with Crippen LogP contribution < -0.4 is 10.6 Å². The molecule has 1 aromatic rings. The lowest BCUT2D eigenvalue weighted by Gasteiger charge is -2.20. The van der Waals surface area contributed by atoms with E-state index in [4.69, 9.17) is 0 Å². The highest BCUT2D eigenvalue weighted by Gasteiger charge is 2.48. The molecule has 0 bridgehead atoms. The fraction of sp³-hybridized carbons (Fsp3) is 0.636. The average Bonchev–Trinajstić information content (AvgIpc) is 3.34. The second kappa shape index (κ2) is 8.70. The molecule has 1 saturated carbocycles. The van der Waals surface area contributed by atoms with E-state index < -0.39 is 0 Å². The van der Waals surface area contributed by atoms with Gasteiger partial charge in [0.05, 0.1) is 11.8 Å². The number of hydrogen-bond donors (Lipinski definition) is 2. The van der Waals surface area contributed by atoms with E-state index in [1.54, 1.807) is 0 Å². The molecule has 4 heteroatoms. The first-order valence-electron chi connectivity index (χ1n) is 9.93. The molecular weight excluding hydrogens is 324 g/mol. The van der Waals surface area contributed by atoms with Gasteiger partial charge in [0.15, 0.2) is 0 Å². The van der Waals surface area contributed by atoms with Crippen molar-refractivity contribution in [2.45, 2.75) is 66.2 Å². The van der Waals surface area contributed by atoms with Crippen molar-refractivity contribution in [1.82, 2.24) is 5.32 Å². The topological polar surface area (TPSA) is 58.2 Å². The zero-order valence-electron chi connectivity index (χ0n) is 17.1. The SMILES string of the molecule is CC(C)CCNC(=O)C1CC1C(=O)Nc1c(C(C)C)cccc1C(C)C. The number of para-hydroxylation sites is 1. The summed E-state index contributed by atoms with van der Waals surface area (Å²) < 4.78 is 0. The van der Waals surface area contributed by atoms with Crippen LogP contribution in [0.5, 0.6) is 0 Å². The minimum absolute atomic E-state index is 0.0204. The zero-order valence-corrected chi connectivity index (χ0v) is 17.1. The van der Waals surface area contributed by atoms with Crippen molar-refractivity contribution < 1.29 is 9.59 Å². The van der Waals surface area contributed by atoms with E-state index in [2.05, 4.69) is 70.4 Å². The Balaban J connectivity index is 2.02. The minimum Gasteiger partial charge on any atom is -0.356 e. The van der Waals surface area contributed by atoms with E-state index in [1.165, 1.54) is 0 Å². The van der Waals surface area contributed by atoms with Crippen LogP contribution in [0.2, 0.25) is 0 Å². The maximum Gasteiger partial charge on any atom is 0.228 e. The van der Waals surface area contributed by atoms with Gasteiger partial charge in [-0.25, -0.2) is 0 Å². The Kier molecular flexibility index (Phi) is 6.85. The molecule has 2 atom stereocenters. The normalized spacial score (nSPS) is 19.1. The molecule has 2 rings (SSSR count). The molecule has 1 aliphatic rings. The first-order valence-corrected chi connectivity index (χ1v) is 9.93. The van der Waals surface area contributed by atoms with Gasteiger partial charge in [0.1, 0.15) is 0 Å². The summed E-state index contributed by atoms with van der Waals surface area (Å²) in [5.74, 6) is 0.855. The summed E-state index contributed by atoms with van der Waals surface area (Å²) >= 11 is 0. The third kappa shape index (κ3) is 5.09. The molecular formula is C22H34N2O2.